The fourth-order valence-electron chi connectivity index (χ4n) is 2.69. The molecular formula is C13H19FN2. The van der Waals surface area contributed by atoms with E-state index in [1.165, 1.54) is 12.0 Å². The van der Waals surface area contributed by atoms with Crippen LogP contribution < -0.4 is 5.32 Å². The van der Waals surface area contributed by atoms with Crippen molar-refractivity contribution in [1.82, 2.24) is 10.2 Å². The predicted molar refractivity (Wildman–Crippen MR) is 63.8 cm³/mol. The van der Waals surface area contributed by atoms with Crippen molar-refractivity contribution in [3.8, 4) is 0 Å². The molecule has 2 atom stereocenters. The lowest BCUT2D eigenvalue weighted by molar-refractivity contribution is 0.274. The van der Waals surface area contributed by atoms with Gasteiger partial charge in [-0.15, -0.1) is 0 Å². The van der Waals surface area contributed by atoms with Gasteiger partial charge in [0.05, 0.1) is 0 Å². The Kier molecular flexibility index (Phi) is 3.56. The molecule has 1 fully saturated rings. The van der Waals surface area contributed by atoms with Gasteiger partial charge in [-0.2, -0.15) is 0 Å². The maximum absolute atomic E-state index is 12.9. The van der Waals surface area contributed by atoms with Crippen LogP contribution in [0, 0.1) is 11.7 Å². The van der Waals surface area contributed by atoms with Gasteiger partial charge in [0.15, 0.2) is 0 Å². The average molecular weight is 222 g/mol. The third-order valence-electron chi connectivity index (χ3n) is 3.45. The SMILES string of the molecule is CNCC1CCN(C)C1c1ccc(F)cc1. The topological polar surface area (TPSA) is 15.3 Å². The van der Waals surface area contributed by atoms with Crippen LogP contribution in [0.15, 0.2) is 24.3 Å². The van der Waals surface area contributed by atoms with E-state index in [2.05, 4.69) is 17.3 Å². The van der Waals surface area contributed by atoms with Crippen LogP contribution >= 0.6 is 0 Å². The standard InChI is InChI=1S/C13H19FN2/c1-15-9-11-7-8-16(2)13(11)10-3-5-12(14)6-4-10/h3-6,11,13,15H,7-9H2,1-2H3. The molecule has 0 aromatic heterocycles. The van der Waals surface area contributed by atoms with Crippen LogP contribution in [0.2, 0.25) is 0 Å². The Morgan fingerprint density at radius 3 is 2.69 bits per heavy atom. The van der Waals surface area contributed by atoms with Crippen LogP contribution in [0.3, 0.4) is 0 Å². The van der Waals surface area contributed by atoms with Gasteiger partial charge in [-0.3, -0.25) is 4.90 Å². The molecule has 1 aliphatic heterocycles. The Morgan fingerprint density at radius 2 is 2.06 bits per heavy atom. The second-order valence-corrected chi connectivity index (χ2v) is 4.58. The Morgan fingerprint density at radius 1 is 1.38 bits per heavy atom. The number of nitrogens with zero attached hydrogens (tertiary/aromatic N) is 1. The van der Waals surface area contributed by atoms with Gasteiger partial charge in [-0.1, -0.05) is 12.1 Å². The first-order chi connectivity index (χ1) is 7.72. The van der Waals surface area contributed by atoms with Crippen molar-refractivity contribution in [1.29, 1.82) is 0 Å². The van der Waals surface area contributed by atoms with E-state index in [-0.39, 0.29) is 5.82 Å². The molecule has 1 aliphatic rings. The number of hydrogen-bond acceptors (Lipinski definition) is 2. The van der Waals surface area contributed by atoms with E-state index in [9.17, 15) is 4.39 Å². The molecule has 0 aliphatic carbocycles. The molecule has 0 spiro atoms. The van der Waals surface area contributed by atoms with Gasteiger partial charge in [0, 0.05) is 6.04 Å². The third kappa shape index (κ3) is 2.25. The zero-order valence-corrected chi connectivity index (χ0v) is 9.91. The van der Waals surface area contributed by atoms with E-state index >= 15 is 0 Å². The summed E-state index contributed by atoms with van der Waals surface area (Å²) >= 11 is 0. The minimum Gasteiger partial charge on any atom is -0.319 e. The first-order valence-corrected chi connectivity index (χ1v) is 5.82. The second kappa shape index (κ2) is 4.93. The fraction of sp³-hybridized carbons (Fsp3) is 0.538. The summed E-state index contributed by atoms with van der Waals surface area (Å²) in [4.78, 5) is 2.36. The summed E-state index contributed by atoms with van der Waals surface area (Å²) in [5, 5.41) is 3.24. The van der Waals surface area contributed by atoms with E-state index in [1.54, 1.807) is 12.1 Å². The van der Waals surface area contributed by atoms with Gasteiger partial charge < -0.3 is 5.32 Å². The summed E-state index contributed by atoms with van der Waals surface area (Å²) in [6, 6.07) is 7.35. The van der Waals surface area contributed by atoms with Gasteiger partial charge in [0.2, 0.25) is 0 Å². The van der Waals surface area contributed by atoms with E-state index < -0.39 is 0 Å². The number of halogens is 1. The summed E-state index contributed by atoms with van der Waals surface area (Å²) < 4.78 is 12.9. The molecule has 0 amide bonds. The van der Waals surface area contributed by atoms with E-state index in [0.717, 1.165) is 13.1 Å². The molecule has 1 aromatic rings. The van der Waals surface area contributed by atoms with Crippen LogP contribution in [0.25, 0.3) is 0 Å². The minimum atomic E-state index is -0.158. The van der Waals surface area contributed by atoms with Crippen LogP contribution in [0.4, 0.5) is 4.39 Å². The average Bonchev–Trinajstić information content (AvgIpc) is 2.62. The van der Waals surface area contributed by atoms with Crippen molar-refractivity contribution in [3.05, 3.63) is 35.6 Å². The molecule has 0 bridgehead atoms. The van der Waals surface area contributed by atoms with Crippen LogP contribution in [-0.2, 0) is 0 Å². The van der Waals surface area contributed by atoms with Gasteiger partial charge in [-0.25, -0.2) is 4.39 Å². The molecule has 2 unspecified atom stereocenters. The predicted octanol–water partition coefficient (Wildman–Crippen LogP) is 2.04. The molecule has 1 aromatic carbocycles. The summed E-state index contributed by atoms with van der Waals surface area (Å²) in [7, 11) is 4.13. The quantitative estimate of drug-likeness (QED) is 0.842. The lowest BCUT2D eigenvalue weighted by Gasteiger charge is -2.25. The Hall–Kier alpha value is -0.930. The molecule has 1 saturated heterocycles. The van der Waals surface area contributed by atoms with E-state index in [0.29, 0.717) is 12.0 Å². The largest absolute Gasteiger partial charge is 0.319 e. The fourth-order valence-corrected chi connectivity index (χ4v) is 2.69. The van der Waals surface area contributed by atoms with Crippen molar-refractivity contribution in [2.24, 2.45) is 5.92 Å². The summed E-state index contributed by atoms with van der Waals surface area (Å²) in [6.45, 7) is 2.14. The lowest BCUT2D eigenvalue weighted by atomic mass is 9.94. The van der Waals surface area contributed by atoms with Crippen molar-refractivity contribution in [2.75, 3.05) is 27.2 Å². The number of likely N-dealkylation sites (tertiary alicyclic amines) is 1. The Balaban J connectivity index is 2.19. The van der Waals surface area contributed by atoms with E-state index in [4.69, 9.17) is 0 Å². The van der Waals surface area contributed by atoms with Crippen LogP contribution in [0.1, 0.15) is 18.0 Å². The summed E-state index contributed by atoms with van der Waals surface area (Å²) in [6.07, 6.45) is 1.21. The highest BCUT2D eigenvalue weighted by atomic mass is 19.1. The lowest BCUT2D eigenvalue weighted by Crippen LogP contribution is -2.26. The molecular weight excluding hydrogens is 203 g/mol. The van der Waals surface area contributed by atoms with Gasteiger partial charge in [-0.05, 0) is 57.2 Å². The van der Waals surface area contributed by atoms with Crippen molar-refractivity contribution >= 4 is 0 Å². The Labute approximate surface area is 96.5 Å². The maximum Gasteiger partial charge on any atom is 0.123 e. The molecule has 0 radical (unpaired) electrons. The molecule has 2 rings (SSSR count). The zero-order chi connectivity index (χ0) is 11.5. The highest BCUT2D eigenvalue weighted by molar-refractivity contribution is 5.22. The molecule has 3 heteroatoms. The molecule has 1 N–H and O–H groups in total. The van der Waals surface area contributed by atoms with Crippen LogP contribution in [-0.4, -0.2) is 32.1 Å². The van der Waals surface area contributed by atoms with Gasteiger partial charge in [0.25, 0.3) is 0 Å². The number of benzene rings is 1. The van der Waals surface area contributed by atoms with Crippen molar-refractivity contribution in [2.45, 2.75) is 12.5 Å². The first kappa shape index (κ1) is 11.6. The zero-order valence-electron chi connectivity index (χ0n) is 9.91. The third-order valence-corrected chi connectivity index (χ3v) is 3.45. The van der Waals surface area contributed by atoms with Crippen LogP contribution in [0.5, 0.6) is 0 Å². The second-order valence-electron chi connectivity index (χ2n) is 4.58. The molecule has 2 nitrogen and oxygen atoms in total. The number of rotatable bonds is 3. The molecule has 88 valence electrons. The summed E-state index contributed by atoms with van der Waals surface area (Å²) in [5.41, 5.74) is 1.22. The smallest absolute Gasteiger partial charge is 0.123 e. The Bertz CT molecular complexity index is 334. The molecule has 16 heavy (non-hydrogen) atoms. The summed E-state index contributed by atoms with van der Waals surface area (Å²) in [5.74, 6) is 0.468. The maximum atomic E-state index is 12.9. The molecule has 1 heterocycles. The van der Waals surface area contributed by atoms with Gasteiger partial charge >= 0.3 is 0 Å². The first-order valence-electron chi connectivity index (χ1n) is 5.82. The molecule has 0 saturated carbocycles. The highest BCUT2D eigenvalue weighted by Crippen LogP contribution is 2.35. The monoisotopic (exact) mass is 222 g/mol. The van der Waals surface area contributed by atoms with E-state index in [1.807, 2.05) is 19.2 Å². The normalized spacial score (nSPS) is 26.2. The van der Waals surface area contributed by atoms with Crippen molar-refractivity contribution in [3.63, 3.8) is 0 Å². The minimum absolute atomic E-state index is 0.158. The number of hydrogen-bond donors (Lipinski definition) is 1. The van der Waals surface area contributed by atoms with Gasteiger partial charge in [0.1, 0.15) is 5.82 Å². The van der Waals surface area contributed by atoms with Crippen molar-refractivity contribution < 1.29 is 4.39 Å². The number of nitrogens with one attached hydrogen (secondary N) is 1. The highest BCUT2D eigenvalue weighted by Gasteiger charge is 2.32.